The van der Waals surface area contributed by atoms with Crippen molar-refractivity contribution >= 4 is 27.3 Å². The van der Waals surface area contributed by atoms with Crippen molar-refractivity contribution in [2.45, 2.75) is 4.90 Å². The number of nitrogens with zero attached hydrogens (tertiary/aromatic N) is 1. The summed E-state index contributed by atoms with van der Waals surface area (Å²) in [5.41, 5.74) is 0.361. The van der Waals surface area contributed by atoms with Gasteiger partial charge in [0.15, 0.2) is 11.5 Å². The van der Waals surface area contributed by atoms with Gasteiger partial charge in [0.05, 0.1) is 4.90 Å². The fourth-order valence-corrected chi connectivity index (χ4v) is 3.77. The fourth-order valence-electron chi connectivity index (χ4n) is 2.69. The number of hydrogen-bond donors (Lipinski definition) is 3. The Morgan fingerprint density at radius 2 is 1.63 bits per heavy atom. The van der Waals surface area contributed by atoms with Gasteiger partial charge in [-0.15, -0.1) is 0 Å². The lowest BCUT2D eigenvalue weighted by Crippen LogP contribution is -2.18. The molecule has 0 saturated carbocycles. The topological polar surface area (TPSA) is 139 Å². The molecule has 11 heteroatoms. The number of hydrogen-bond acceptors (Lipinski definition) is 7. The van der Waals surface area contributed by atoms with E-state index in [9.17, 15) is 18.0 Å². The predicted octanol–water partition coefficient (Wildman–Crippen LogP) is 1.59. The first-order valence-electron chi connectivity index (χ1n) is 8.80. The Bertz CT molecular complexity index is 1230. The molecular formula is C19H16N4O6S. The van der Waals surface area contributed by atoms with Gasteiger partial charge >= 0.3 is 0 Å². The lowest BCUT2D eigenvalue weighted by atomic mass is 10.2. The molecule has 0 saturated heterocycles. The number of H-pyrrole nitrogens is 1. The number of nitrogens with one attached hydrogen (secondary N) is 3. The zero-order chi connectivity index (χ0) is 21.1. The van der Waals surface area contributed by atoms with E-state index in [0.29, 0.717) is 36.1 Å². The number of benzene rings is 2. The monoisotopic (exact) mass is 428 g/mol. The van der Waals surface area contributed by atoms with E-state index in [4.69, 9.17) is 9.47 Å². The summed E-state index contributed by atoms with van der Waals surface area (Å²) in [6.45, 7) is 0.768. The van der Waals surface area contributed by atoms with Gasteiger partial charge in [-0.2, -0.15) is 5.10 Å². The highest BCUT2D eigenvalue weighted by molar-refractivity contribution is 7.92. The molecule has 1 aliphatic heterocycles. The molecule has 154 valence electrons. The van der Waals surface area contributed by atoms with E-state index in [1.807, 2.05) is 0 Å². The molecule has 3 aromatic rings. The number of rotatable bonds is 5. The number of sulfonamides is 1. The summed E-state index contributed by atoms with van der Waals surface area (Å²) in [5, 5.41) is 8.42. The predicted molar refractivity (Wildman–Crippen MR) is 107 cm³/mol. The van der Waals surface area contributed by atoms with Crippen LogP contribution in [0.2, 0.25) is 0 Å². The highest BCUT2D eigenvalue weighted by Crippen LogP contribution is 2.32. The zero-order valence-electron chi connectivity index (χ0n) is 15.4. The van der Waals surface area contributed by atoms with Crippen LogP contribution in [-0.2, 0) is 10.0 Å². The SMILES string of the molecule is O=C(Nc1ccc(NS(=O)(=O)c2ccc3c(c2)OCCO3)cc1)c1ccc(=O)[nH]n1. The third-order valence-corrected chi connectivity index (χ3v) is 5.51. The summed E-state index contributed by atoms with van der Waals surface area (Å²) in [5.74, 6) is 0.353. The molecule has 4 rings (SSSR count). The molecule has 0 spiro atoms. The minimum Gasteiger partial charge on any atom is -0.486 e. The first-order valence-corrected chi connectivity index (χ1v) is 10.3. The third kappa shape index (κ3) is 4.25. The Morgan fingerprint density at radius 3 is 2.33 bits per heavy atom. The van der Waals surface area contributed by atoms with Crippen LogP contribution >= 0.6 is 0 Å². The molecule has 0 fully saturated rings. The number of carbonyl (C=O) groups excluding carboxylic acids is 1. The maximum absolute atomic E-state index is 12.6. The van der Waals surface area contributed by atoms with Crippen LogP contribution in [0.25, 0.3) is 0 Å². The van der Waals surface area contributed by atoms with Crippen molar-refractivity contribution in [2.24, 2.45) is 0 Å². The van der Waals surface area contributed by atoms with Crippen molar-refractivity contribution in [3.63, 3.8) is 0 Å². The van der Waals surface area contributed by atoms with Gasteiger partial charge in [0, 0.05) is 23.5 Å². The summed E-state index contributed by atoms with van der Waals surface area (Å²) in [4.78, 5) is 23.2. The Morgan fingerprint density at radius 1 is 0.933 bits per heavy atom. The molecule has 10 nitrogen and oxygen atoms in total. The van der Waals surface area contributed by atoms with Crippen LogP contribution in [0.3, 0.4) is 0 Å². The molecule has 0 atom stereocenters. The maximum Gasteiger partial charge on any atom is 0.276 e. The first-order chi connectivity index (χ1) is 14.4. The second-order valence-corrected chi connectivity index (χ2v) is 7.93. The van der Waals surface area contributed by atoms with Gasteiger partial charge in [0.1, 0.15) is 18.9 Å². The van der Waals surface area contributed by atoms with Crippen molar-refractivity contribution in [3.8, 4) is 11.5 Å². The van der Waals surface area contributed by atoms with Crippen molar-refractivity contribution in [1.82, 2.24) is 10.2 Å². The highest BCUT2D eigenvalue weighted by Gasteiger charge is 2.19. The van der Waals surface area contributed by atoms with Crippen molar-refractivity contribution in [1.29, 1.82) is 0 Å². The molecule has 1 aliphatic rings. The normalized spacial score (nSPS) is 12.8. The Kier molecular flexibility index (Phi) is 5.11. The molecule has 1 amide bonds. The standard InChI is InChI=1S/C19H16N4O6S/c24-18-8-6-15(21-22-18)19(25)20-12-1-3-13(4-2-12)23-30(26,27)14-5-7-16-17(11-14)29-10-9-28-16/h1-8,11,23H,9-10H2,(H,20,25)(H,22,24). The second-order valence-electron chi connectivity index (χ2n) is 6.25. The fraction of sp³-hybridized carbons (Fsp3) is 0.105. The molecule has 0 unspecified atom stereocenters. The summed E-state index contributed by atoms with van der Waals surface area (Å²) in [7, 11) is -3.85. The molecular weight excluding hydrogens is 412 g/mol. The number of anilines is 2. The largest absolute Gasteiger partial charge is 0.486 e. The smallest absolute Gasteiger partial charge is 0.276 e. The van der Waals surface area contributed by atoms with Gasteiger partial charge in [-0.3, -0.25) is 14.3 Å². The highest BCUT2D eigenvalue weighted by atomic mass is 32.2. The van der Waals surface area contributed by atoms with Crippen LogP contribution in [0.1, 0.15) is 10.5 Å². The summed E-state index contributed by atoms with van der Waals surface area (Å²) in [6.07, 6.45) is 0. The third-order valence-electron chi connectivity index (χ3n) is 4.13. The van der Waals surface area contributed by atoms with E-state index in [-0.39, 0.29) is 10.6 Å². The van der Waals surface area contributed by atoms with Crippen LogP contribution in [0, 0.1) is 0 Å². The average molecular weight is 428 g/mol. The molecule has 2 aromatic carbocycles. The summed E-state index contributed by atoms with van der Waals surface area (Å²) >= 11 is 0. The van der Waals surface area contributed by atoms with E-state index in [2.05, 4.69) is 20.2 Å². The molecule has 3 N–H and O–H groups in total. The van der Waals surface area contributed by atoms with Crippen molar-refractivity contribution in [2.75, 3.05) is 23.3 Å². The number of aromatic amines is 1. The maximum atomic E-state index is 12.6. The van der Waals surface area contributed by atoms with Crippen LogP contribution in [0.4, 0.5) is 11.4 Å². The summed E-state index contributed by atoms with van der Waals surface area (Å²) < 4.78 is 38.6. The number of fused-ring (bicyclic) bond motifs is 1. The molecule has 30 heavy (non-hydrogen) atoms. The van der Waals surface area contributed by atoms with Crippen molar-refractivity contribution in [3.05, 3.63) is 70.6 Å². The Balaban J connectivity index is 1.45. The van der Waals surface area contributed by atoms with Crippen molar-refractivity contribution < 1.29 is 22.7 Å². The van der Waals surface area contributed by atoms with Gasteiger partial charge < -0.3 is 14.8 Å². The second kappa shape index (κ2) is 7.87. The van der Waals surface area contributed by atoms with E-state index in [1.54, 1.807) is 6.07 Å². The van der Waals surface area contributed by atoms with Crippen LogP contribution in [0.5, 0.6) is 11.5 Å². The van der Waals surface area contributed by atoms with Crippen LogP contribution < -0.4 is 25.1 Å². The molecule has 0 bridgehead atoms. The minimum absolute atomic E-state index is 0.0354. The molecule has 1 aromatic heterocycles. The lowest BCUT2D eigenvalue weighted by molar-refractivity contribution is 0.102. The molecule has 0 aliphatic carbocycles. The van der Waals surface area contributed by atoms with Crippen LogP contribution in [-0.4, -0.2) is 37.7 Å². The van der Waals surface area contributed by atoms with Gasteiger partial charge in [-0.25, -0.2) is 13.5 Å². The number of carbonyl (C=O) groups is 1. The first kappa shape index (κ1) is 19.5. The average Bonchev–Trinajstić information content (AvgIpc) is 2.75. The number of ether oxygens (including phenoxy) is 2. The zero-order valence-corrected chi connectivity index (χ0v) is 16.2. The van der Waals surface area contributed by atoms with Gasteiger partial charge in [0.2, 0.25) is 0 Å². The van der Waals surface area contributed by atoms with E-state index >= 15 is 0 Å². The minimum atomic E-state index is -3.85. The molecule has 0 radical (unpaired) electrons. The Labute approximate surface area is 170 Å². The quantitative estimate of drug-likeness (QED) is 0.561. The lowest BCUT2D eigenvalue weighted by Gasteiger charge is -2.19. The number of aromatic nitrogens is 2. The Hall–Kier alpha value is -3.86. The van der Waals surface area contributed by atoms with Gasteiger partial charge in [-0.05, 0) is 42.5 Å². The van der Waals surface area contributed by atoms with Gasteiger partial charge in [0.25, 0.3) is 21.5 Å². The summed E-state index contributed by atoms with van der Waals surface area (Å²) in [6, 6.07) is 13.0. The van der Waals surface area contributed by atoms with Gasteiger partial charge in [-0.1, -0.05) is 0 Å². The van der Waals surface area contributed by atoms with Crippen LogP contribution in [0.15, 0.2) is 64.3 Å². The van der Waals surface area contributed by atoms with E-state index in [0.717, 1.165) is 0 Å². The molecule has 2 heterocycles. The van der Waals surface area contributed by atoms with E-state index < -0.39 is 21.5 Å². The number of amides is 1. The van der Waals surface area contributed by atoms with E-state index in [1.165, 1.54) is 48.5 Å².